The maximum Gasteiger partial charge on any atom is 0.319 e. The maximum absolute atomic E-state index is 12.5. The van der Waals surface area contributed by atoms with Crippen molar-refractivity contribution in [3.8, 4) is 0 Å². The highest BCUT2D eigenvalue weighted by Gasteiger charge is 2.12. The van der Waals surface area contributed by atoms with E-state index in [1.165, 1.54) is 0 Å². The molecule has 4 aliphatic heterocycles. The first-order valence-corrected chi connectivity index (χ1v) is 13.7. The first kappa shape index (κ1) is 30.8. The minimum atomic E-state index is -0.554. The van der Waals surface area contributed by atoms with E-state index in [1.807, 2.05) is 0 Å². The van der Waals surface area contributed by atoms with Crippen LogP contribution in [0.2, 0.25) is 0 Å². The average Bonchev–Trinajstić information content (AvgIpc) is 3.01. The molecule has 0 aliphatic carbocycles. The zero-order valence-corrected chi connectivity index (χ0v) is 24.5. The lowest BCUT2D eigenvalue weighted by molar-refractivity contribution is 0.250. The van der Waals surface area contributed by atoms with E-state index in [2.05, 4.69) is 83.3 Å². The van der Waals surface area contributed by atoms with Crippen LogP contribution in [0.15, 0.2) is 36.4 Å². The van der Waals surface area contributed by atoms with Crippen LogP contribution in [0.5, 0.6) is 0 Å². The largest absolute Gasteiger partial charge is 0.330 e. The van der Waals surface area contributed by atoms with E-state index in [1.54, 1.807) is 50.2 Å². The predicted molar refractivity (Wildman–Crippen MR) is 161 cm³/mol. The fourth-order valence-electron chi connectivity index (χ4n) is 4.02. The highest BCUT2D eigenvalue weighted by molar-refractivity contribution is 5.94. The van der Waals surface area contributed by atoms with Gasteiger partial charge in [0.2, 0.25) is 0 Å². The number of nitrogens with zero attached hydrogens (tertiary/aromatic N) is 8. The number of aromatic nitrogens is 8. The monoisotopic (exact) mass is 628 g/mol. The number of anilines is 4. The fourth-order valence-corrected chi connectivity index (χ4v) is 4.02. The van der Waals surface area contributed by atoms with Crippen LogP contribution in [-0.2, 0) is 26.2 Å². The van der Waals surface area contributed by atoms with Crippen LogP contribution < -0.4 is 42.5 Å². The van der Waals surface area contributed by atoms with Crippen molar-refractivity contribution in [3.63, 3.8) is 0 Å². The summed E-state index contributed by atoms with van der Waals surface area (Å²) in [7, 11) is 0. The number of hydrogen-bond acceptors (Lipinski definition) is 12. The molecule has 0 saturated carbocycles. The van der Waals surface area contributed by atoms with Crippen molar-refractivity contribution in [3.05, 3.63) is 70.8 Å². The molecule has 8 bridgehead atoms. The number of rotatable bonds is 0. The Labute approximate surface area is 260 Å². The standard InChI is InChI=1S/C26H28N16O4/c1-13-3-15-7-16(4-13)32-24(44)28-10-20-37-41-22(42-38-20)12-30-26(46)34-18-6-14(2)5-17(8-18)33-25(45)29-11-21-39-35-19(36-40-21)9-27-23(43)31-15/h3-8H,9-12H2,1-2H3,(H2,27,31,43)(H2,28,32,44)(H2,29,33,45)(H2,30,34,46). The van der Waals surface area contributed by atoms with Gasteiger partial charge in [0.25, 0.3) is 0 Å². The summed E-state index contributed by atoms with van der Waals surface area (Å²) >= 11 is 0. The summed E-state index contributed by atoms with van der Waals surface area (Å²) in [4.78, 5) is 50.0. The van der Waals surface area contributed by atoms with Crippen molar-refractivity contribution in [1.82, 2.24) is 62.1 Å². The van der Waals surface area contributed by atoms with E-state index >= 15 is 0 Å². The molecule has 2 aromatic heterocycles. The molecule has 0 saturated heterocycles. The third-order valence-electron chi connectivity index (χ3n) is 5.94. The molecule has 4 aliphatic rings. The molecule has 8 amide bonds. The highest BCUT2D eigenvalue weighted by atomic mass is 16.2. The van der Waals surface area contributed by atoms with Gasteiger partial charge in [-0.1, -0.05) is 0 Å². The summed E-state index contributed by atoms with van der Waals surface area (Å²) in [6.45, 7) is 3.29. The lowest BCUT2D eigenvalue weighted by Gasteiger charge is -2.12. The zero-order valence-electron chi connectivity index (χ0n) is 24.5. The van der Waals surface area contributed by atoms with E-state index in [9.17, 15) is 19.2 Å². The van der Waals surface area contributed by atoms with Gasteiger partial charge in [-0.25, -0.2) is 19.2 Å². The van der Waals surface area contributed by atoms with E-state index in [4.69, 9.17) is 0 Å². The average molecular weight is 629 g/mol. The number of amides is 8. The normalized spacial score (nSPS) is 14.7. The van der Waals surface area contributed by atoms with Crippen LogP contribution in [-0.4, -0.2) is 64.9 Å². The first-order chi connectivity index (χ1) is 22.2. The molecule has 2 aromatic carbocycles. The van der Waals surface area contributed by atoms with Crippen molar-refractivity contribution in [2.24, 2.45) is 0 Å². The van der Waals surface area contributed by atoms with Gasteiger partial charge in [-0.2, -0.15) is 0 Å². The van der Waals surface area contributed by atoms with Gasteiger partial charge in [-0.3, -0.25) is 0 Å². The molecule has 4 aromatic rings. The van der Waals surface area contributed by atoms with Crippen molar-refractivity contribution in [2.75, 3.05) is 21.3 Å². The maximum atomic E-state index is 12.5. The fraction of sp³-hybridized carbons (Fsp3) is 0.231. The minimum Gasteiger partial charge on any atom is -0.330 e. The quantitative estimate of drug-likeness (QED) is 0.136. The first-order valence-electron chi connectivity index (χ1n) is 13.7. The zero-order chi connectivity index (χ0) is 32.5. The Morgan fingerprint density at radius 1 is 0.391 bits per heavy atom. The second-order valence-electron chi connectivity index (χ2n) is 9.87. The molecule has 6 heterocycles. The topological polar surface area (TPSA) is 268 Å². The van der Waals surface area contributed by atoms with Crippen molar-refractivity contribution in [1.29, 1.82) is 0 Å². The molecular formula is C26H28N16O4. The molecule has 46 heavy (non-hydrogen) atoms. The Bertz CT molecular complexity index is 1500. The molecule has 0 atom stereocenters. The summed E-state index contributed by atoms with van der Waals surface area (Å²) in [6.07, 6.45) is 0. The number of urea groups is 4. The molecule has 0 spiro atoms. The number of nitrogens with one attached hydrogen (secondary N) is 8. The Kier molecular flexibility index (Phi) is 9.55. The van der Waals surface area contributed by atoms with E-state index in [-0.39, 0.29) is 49.5 Å². The second kappa shape index (κ2) is 14.2. The van der Waals surface area contributed by atoms with Gasteiger partial charge in [-0.15, -0.1) is 40.8 Å². The van der Waals surface area contributed by atoms with Crippen LogP contribution in [0.25, 0.3) is 0 Å². The molecule has 8 N–H and O–H groups in total. The Hall–Kier alpha value is -6.60. The molecule has 20 heteroatoms. The summed E-state index contributed by atoms with van der Waals surface area (Å²) in [6, 6.07) is 7.78. The Balaban J connectivity index is 1.29. The van der Waals surface area contributed by atoms with Crippen LogP contribution in [0.4, 0.5) is 41.9 Å². The lowest BCUT2D eigenvalue weighted by Crippen LogP contribution is -2.31. The third kappa shape index (κ3) is 9.20. The molecule has 0 unspecified atom stereocenters. The van der Waals surface area contributed by atoms with E-state index in [0.29, 0.717) is 22.7 Å². The molecule has 0 radical (unpaired) electrons. The molecule has 20 nitrogen and oxygen atoms in total. The minimum absolute atomic E-state index is 0.0755. The van der Waals surface area contributed by atoms with Gasteiger partial charge in [0.05, 0.1) is 26.2 Å². The molecule has 8 rings (SSSR count). The van der Waals surface area contributed by atoms with Gasteiger partial charge in [0, 0.05) is 22.7 Å². The van der Waals surface area contributed by atoms with Gasteiger partial charge in [0.15, 0.2) is 23.3 Å². The smallest absolute Gasteiger partial charge is 0.319 e. The summed E-state index contributed by atoms with van der Waals surface area (Å²) in [5.41, 5.74) is 3.21. The molecular weight excluding hydrogens is 600 g/mol. The van der Waals surface area contributed by atoms with Crippen LogP contribution in [0, 0.1) is 13.8 Å². The van der Waals surface area contributed by atoms with Crippen molar-refractivity contribution < 1.29 is 19.2 Å². The van der Waals surface area contributed by atoms with Gasteiger partial charge in [-0.05, 0) is 61.4 Å². The third-order valence-corrected chi connectivity index (χ3v) is 5.94. The second-order valence-corrected chi connectivity index (χ2v) is 9.87. The predicted octanol–water partition coefficient (Wildman–Crippen LogP) is 1.06. The summed E-state index contributed by atoms with van der Waals surface area (Å²) < 4.78 is 0. The van der Waals surface area contributed by atoms with Crippen molar-refractivity contribution >= 4 is 46.9 Å². The van der Waals surface area contributed by atoms with Gasteiger partial charge < -0.3 is 42.5 Å². The van der Waals surface area contributed by atoms with Crippen LogP contribution in [0.1, 0.15) is 34.4 Å². The number of benzene rings is 2. The number of aryl methyl sites for hydroxylation is 2. The van der Waals surface area contributed by atoms with Gasteiger partial charge >= 0.3 is 24.1 Å². The van der Waals surface area contributed by atoms with E-state index in [0.717, 1.165) is 11.1 Å². The van der Waals surface area contributed by atoms with Crippen LogP contribution in [0.3, 0.4) is 0 Å². The number of hydrogen-bond donors (Lipinski definition) is 8. The van der Waals surface area contributed by atoms with E-state index < -0.39 is 24.1 Å². The molecule has 236 valence electrons. The molecule has 0 fully saturated rings. The Morgan fingerprint density at radius 3 is 0.826 bits per heavy atom. The lowest BCUT2D eigenvalue weighted by atomic mass is 10.2. The number of carbonyl (C=O) groups excluding carboxylic acids is 4. The summed E-state index contributed by atoms with van der Waals surface area (Å²) in [5.74, 6) is 0.552. The summed E-state index contributed by atoms with van der Waals surface area (Å²) in [5, 5.41) is 52.5. The SMILES string of the molecule is Cc1cc2cc(c1)NC(=O)NCc1nnc(nn1)CNC(=O)Nc1cc(C)cc(c1)NC(=O)NCc1nnc(nn1)CNC(=O)N2. The number of carbonyl (C=O) groups is 4. The highest BCUT2D eigenvalue weighted by Crippen LogP contribution is 2.20. The van der Waals surface area contributed by atoms with Crippen molar-refractivity contribution in [2.45, 2.75) is 40.0 Å². The van der Waals surface area contributed by atoms with Gasteiger partial charge in [0.1, 0.15) is 0 Å². The Morgan fingerprint density at radius 2 is 0.609 bits per heavy atom. The van der Waals surface area contributed by atoms with Crippen LogP contribution >= 0.6 is 0 Å².